The Labute approximate surface area is 252 Å². The Morgan fingerprint density at radius 3 is 2.56 bits per heavy atom. The molecular weight excluding hydrogens is 577 g/mol. The first-order chi connectivity index (χ1) is 20.5. The molecule has 0 bridgehead atoms. The van der Waals surface area contributed by atoms with Gasteiger partial charge in [-0.25, -0.2) is 19.0 Å². The monoisotopic (exact) mass is 612 g/mol. The van der Waals surface area contributed by atoms with Gasteiger partial charge in [0.15, 0.2) is 11.0 Å². The van der Waals surface area contributed by atoms with Crippen molar-refractivity contribution in [3.05, 3.63) is 53.8 Å². The van der Waals surface area contributed by atoms with Crippen LogP contribution in [0.25, 0.3) is 4.91 Å². The number of imide groups is 1. The fourth-order valence-corrected chi connectivity index (χ4v) is 8.30. The average molecular weight is 613 g/mol. The molecule has 1 N–H and O–H groups in total. The second-order valence-electron chi connectivity index (χ2n) is 12.2. The molecule has 2 aromatic rings. The molecule has 0 spiro atoms. The number of carbonyl (C=O) groups is 3. The van der Waals surface area contributed by atoms with E-state index in [4.69, 9.17) is 13.9 Å². The average Bonchev–Trinajstić information content (AvgIpc) is 3.74. The standard InChI is InChI=1S/C31H34FN3O7S/c1-16-24-27(36)35(31(2,3)29(37)38)30(39)34(28(24)43-25(16)26-33-9-10-41-26)15-23(21-7-5-6-8-22(21)40-4)42-20-13-17-11-19(32)12-18(17)14-20/h5-10,17-20,23-24H,11-15H2,1-4H3/p+1/t17-,18+,19?,20?,23?,24?. The number of oxazole rings is 1. The summed E-state index contributed by atoms with van der Waals surface area (Å²) in [5.41, 5.74) is -0.478. The molecule has 6 rings (SSSR count). The number of nitrogens with zero attached hydrogens (tertiary/aromatic N) is 3. The number of hydrogen-bond donors (Lipinski definition) is 1. The molecule has 0 saturated heterocycles. The largest absolute Gasteiger partial charge is 0.502 e. The van der Waals surface area contributed by atoms with Crippen LogP contribution in [0.5, 0.6) is 5.75 Å². The van der Waals surface area contributed by atoms with Gasteiger partial charge in [0.1, 0.15) is 30.8 Å². The summed E-state index contributed by atoms with van der Waals surface area (Å²) in [7, 11) is 1.56. The lowest BCUT2D eigenvalue weighted by atomic mass is 9.93. The molecule has 12 heteroatoms. The number of aromatic nitrogens is 1. The molecular formula is C31H35FN3O7S+. The van der Waals surface area contributed by atoms with Crippen LogP contribution in [0.3, 0.4) is 0 Å². The number of halogens is 1. The third-order valence-electron chi connectivity index (χ3n) is 9.22. The van der Waals surface area contributed by atoms with E-state index in [1.807, 2.05) is 24.3 Å². The third kappa shape index (κ3) is 5.08. The van der Waals surface area contributed by atoms with E-state index < -0.39 is 41.6 Å². The van der Waals surface area contributed by atoms with Crippen LogP contribution in [0.2, 0.25) is 0 Å². The van der Waals surface area contributed by atoms with Gasteiger partial charge in [-0.05, 0) is 81.7 Å². The molecule has 228 valence electrons. The number of fused-ring (bicyclic) bond motifs is 2. The number of para-hydroxylation sites is 1. The lowest BCUT2D eigenvalue weighted by Gasteiger charge is -2.33. The number of benzene rings is 1. The summed E-state index contributed by atoms with van der Waals surface area (Å²) in [6, 6.07) is 6.65. The van der Waals surface area contributed by atoms with Crippen molar-refractivity contribution in [2.24, 2.45) is 17.8 Å². The topological polar surface area (TPSA) is 122 Å². The number of carboxylic acid groups (broad SMARTS) is 1. The van der Waals surface area contributed by atoms with E-state index in [1.54, 1.807) is 14.0 Å². The van der Waals surface area contributed by atoms with Crippen molar-refractivity contribution in [3.63, 3.8) is 0 Å². The van der Waals surface area contributed by atoms with Crippen LogP contribution in [-0.4, -0.2) is 74.0 Å². The number of amides is 3. The van der Waals surface area contributed by atoms with Gasteiger partial charge in [0.05, 0.1) is 24.3 Å². The van der Waals surface area contributed by atoms with Crippen molar-refractivity contribution in [2.75, 3.05) is 13.7 Å². The Hall–Kier alpha value is -3.51. The number of carboxylic acids is 1. The van der Waals surface area contributed by atoms with Gasteiger partial charge >= 0.3 is 17.9 Å². The van der Waals surface area contributed by atoms with E-state index in [9.17, 15) is 23.9 Å². The van der Waals surface area contributed by atoms with E-state index in [1.165, 1.54) is 42.6 Å². The van der Waals surface area contributed by atoms with Crippen molar-refractivity contribution < 1.29 is 42.3 Å². The molecule has 2 aliphatic carbocycles. The molecule has 4 unspecified atom stereocenters. The maximum absolute atomic E-state index is 14.2. The SMILES string of the molecule is COc1ccccc1C(C[N+]1=C2SC(c3ncco3)=C(C)C2C(=O)N(C(C)(C)C(=O)O)C1=O)OC1C[C@H]2CC(F)C[C@H]2C1. The predicted molar refractivity (Wildman–Crippen MR) is 155 cm³/mol. The molecule has 1 aromatic carbocycles. The number of thioether (sulfide) groups is 1. The summed E-state index contributed by atoms with van der Waals surface area (Å²) < 4.78 is 33.5. The molecule has 6 atom stereocenters. The highest BCUT2D eigenvalue weighted by Crippen LogP contribution is 2.49. The lowest BCUT2D eigenvalue weighted by Crippen LogP contribution is -2.63. The van der Waals surface area contributed by atoms with Gasteiger partial charge in [-0.3, -0.25) is 0 Å². The number of alkyl halides is 1. The van der Waals surface area contributed by atoms with Gasteiger partial charge in [0.2, 0.25) is 11.4 Å². The summed E-state index contributed by atoms with van der Waals surface area (Å²) in [6.45, 7) is 4.45. The summed E-state index contributed by atoms with van der Waals surface area (Å²) in [5, 5.41) is 10.5. The molecule has 0 radical (unpaired) electrons. The second-order valence-corrected chi connectivity index (χ2v) is 13.2. The number of methoxy groups -OCH3 is 1. The number of urea groups is 1. The zero-order valence-corrected chi connectivity index (χ0v) is 25.3. The maximum Gasteiger partial charge on any atom is 0.502 e. The van der Waals surface area contributed by atoms with Gasteiger partial charge in [-0.1, -0.05) is 18.2 Å². The van der Waals surface area contributed by atoms with Crippen LogP contribution in [0.4, 0.5) is 9.18 Å². The van der Waals surface area contributed by atoms with Crippen LogP contribution in [0.15, 0.2) is 46.7 Å². The van der Waals surface area contributed by atoms with E-state index >= 15 is 0 Å². The molecule has 2 aliphatic heterocycles. The highest BCUT2D eigenvalue weighted by Gasteiger charge is 2.60. The highest BCUT2D eigenvalue weighted by molar-refractivity contribution is 8.22. The van der Waals surface area contributed by atoms with Crippen molar-refractivity contribution in [1.82, 2.24) is 9.88 Å². The van der Waals surface area contributed by atoms with Crippen LogP contribution in [0, 0.1) is 17.8 Å². The predicted octanol–water partition coefficient (Wildman–Crippen LogP) is 5.30. The second kappa shape index (κ2) is 11.2. The molecule has 3 heterocycles. The quantitative estimate of drug-likeness (QED) is 0.376. The number of hydrogen-bond acceptors (Lipinski definition) is 8. The van der Waals surface area contributed by atoms with Crippen LogP contribution in [-0.2, 0) is 14.3 Å². The van der Waals surface area contributed by atoms with Crippen molar-refractivity contribution >= 4 is 39.6 Å². The van der Waals surface area contributed by atoms with Crippen molar-refractivity contribution in [2.45, 2.75) is 70.4 Å². The first-order valence-corrected chi connectivity index (χ1v) is 15.3. The van der Waals surface area contributed by atoms with Crippen molar-refractivity contribution in [1.29, 1.82) is 0 Å². The van der Waals surface area contributed by atoms with E-state index in [-0.39, 0.29) is 24.5 Å². The summed E-state index contributed by atoms with van der Waals surface area (Å²) in [6.07, 6.45) is 3.88. The fraction of sp³-hybridized carbons (Fsp3) is 0.516. The van der Waals surface area contributed by atoms with E-state index in [0.717, 1.165) is 23.3 Å². The summed E-state index contributed by atoms with van der Waals surface area (Å²) >= 11 is 1.22. The van der Waals surface area contributed by atoms with Crippen molar-refractivity contribution in [3.8, 4) is 5.75 Å². The molecule has 3 amide bonds. The minimum Gasteiger partial charge on any atom is -0.496 e. The van der Waals surface area contributed by atoms with Gasteiger partial charge in [0.25, 0.3) is 0 Å². The third-order valence-corrected chi connectivity index (χ3v) is 10.6. The Balaban J connectivity index is 1.42. The first kappa shape index (κ1) is 29.6. The lowest BCUT2D eigenvalue weighted by molar-refractivity contribution is -0.454. The van der Waals surface area contributed by atoms with Crippen LogP contribution in [0.1, 0.15) is 64.0 Å². The smallest absolute Gasteiger partial charge is 0.496 e. The summed E-state index contributed by atoms with van der Waals surface area (Å²) in [4.78, 5) is 46.2. The van der Waals surface area contributed by atoms with Crippen LogP contribution >= 0.6 is 11.8 Å². The van der Waals surface area contributed by atoms with E-state index in [2.05, 4.69) is 4.98 Å². The normalized spacial score (nSPS) is 28.0. The Morgan fingerprint density at radius 2 is 1.93 bits per heavy atom. The minimum absolute atomic E-state index is 0.00122. The first-order valence-electron chi connectivity index (χ1n) is 14.5. The molecule has 4 aliphatic rings. The molecule has 43 heavy (non-hydrogen) atoms. The Bertz CT molecular complexity index is 1510. The Morgan fingerprint density at radius 1 is 1.23 bits per heavy atom. The highest BCUT2D eigenvalue weighted by atomic mass is 32.2. The van der Waals surface area contributed by atoms with Gasteiger partial charge in [-0.2, -0.15) is 9.37 Å². The molecule has 10 nitrogen and oxygen atoms in total. The minimum atomic E-state index is -1.82. The fourth-order valence-electron chi connectivity index (χ4n) is 6.97. The number of carbonyl (C=O) groups excluding carboxylic acids is 2. The molecule has 2 fully saturated rings. The molecule has 2 saturated carbocycles. The number of ether oxygens (including phenoxy) is 2. The number of rotatable bonds is 9. The maximum atomic E-state index is 14.2. The van der Waals surface area contributed by atoms with Gasteiger partial charge in [-0.15, -0.1) is 4.90 Å². The summed E-state index contributed by atoms with van der Waals surface area (Å²) in [5.74, 6) is -1.40. The zero-order chi connectivity index (χ0) is 30.6. The number of aliphatic carboxylic acids is 1. The van der Waals surface area contributed by atoms with Gasteiger partial charge in [0, 0.05) is 5.56 Å². The van der Waals surface area contributed by atoms with Crippen LogP contribution < -0.4 is 4.74 Å². The molecule has 1 aromatic heterocycles. The van der Waals surface area contributed by atoms with E-state index in [0.29, 0.717) is 40.0 Å². The Kier molecular flexibility index (Phi) is 7.70. The van der Waals surface area contributed by atoms with Gasteiger partial charge < -0.3 is 19.0 Å². The zero-order valence-electron chi connectivity index (χ0n) is 24.5.